The van der Waals surface area contributed by atoms with Crippen LogP contribution in [0.1, 0.15) is 49.0 Å². The number of amides is 1. The van der Waals surface area contributed by atoms with E-state index in [1.807, 2.05) is 31.3 Å². The van der Waals surface area contributed by atoms with Gasteiger partial charge in [-0.05, 0) is 30.5 Å². The molecule has 0 fully saturated rings. The van der Waals surface area contributed by atoms with Crippen molar-refractivity contribution in [1.82, 2.24) is 15.3 Å². The first kappa shape index (κ1) is 21.5. The lowest BCUT2D eigenvalue weighted by Crippen LogP contribution is -2.24. The van der Waals surface area contributed by atoms with Crippen LogP contribution in [0.4, 0.5) is 5.82 Å². The molecule has 2 aromatic rings. The molecule has 5 nitrogen and oxygen atoms in total. The lowest BCUT2D eigenvalue weighted by Gasteiger charge is -2.17. The predicted molar refractivity (Wildman–Crippen MR) is 114 cm³/mol. The molecule has 0 saturated carbocycles. The predicted octanol–water partition coefficient (Wildman–Crippen LogP) is 4.80. The van der Waals surface area contributed by atoms with Crippen LogP contribution in [0.25, 0.3) is 0 Å². The van der Waals surface area contributed by atoms with Crippen LogP contribution in [0.15, 0.2) is 35.5 Å². The number of unbranched alkanes of at least 4 members (excludes halogenated alkanes) is 1. The molecule has 1 aromatic carbocycles. The second kappa shape index (κ2) is 11.1. The normalized spacial score (nSPS) is 10.7. The van der Waals surface area contributed by atoms with E-state index in [4.69, 9.17) is 11.6 Å². The summed E-state index contributed by atoms with van der Waals surface area (Å²) in [6, 6.07) is 9.45. The van der Waals surface area contributed by atoms with Gasteiger partial charge in [-0.1, -0.05) is 55.8 Å². The number of hydrogen-bond donors (Lipinski definition) is 1. The molecule has 7 heteroatoms. The van der Waals surface area contributed by atoms with Crippen molar-refractivity contribution in [2.45, 2.75) is 44.0 Å². The number of aromatic nitrogens is 2. The van der Waals surface area contributed by atoms with Crippen LogP contribution < -0.4 is 10.2 Å². The zero-order valence-electron chi connectivity index (χ0n) is 16.2. The van der Waals surface area contributed by atoms with Crippen molar-refractivity contribution >= 4 is 35.1 Å². The zero-order chi connectivity index (χ0) is 19.6. The molecule has 27 heavy (non-hydrogen) atoms. The molecule has 0 spiro atoms. The summed E-state index contributed by atoms with van der Waals surface area (Å²) in [5.74, 6) is 1.47. The van der Waals surface area contributed by atoms with Gasteiger partial charge in [-0.3, -0.25) is 4.79 Å². The minimum atomic E-state index is -0.0298. The standard InChI is InChI=1S/C20H27ClN4OS/c1-4-6-10-22-19(26)16-9-7-8-15(12-16)14-27-20-23-17(21)13-18(24-20)25(3)11-5-2/h7-9,12-13H,4-6,10-11,14H2,1-3H3,(H,22,26). The number of rotatable bonds is 10. The molecule has 0 bridgehead atoms. The van der Waals surface area contributed by atoms with E-state index in [-0.39, 0.29) is 5.91 Å². The van der Waals surface area contributed by atoms with Gasteiger partial charge in [-0.15, -0.1) is 0 Å². The van der Waals surface area contributed by atoms with Crippen molar-refractivity contribution in [2.75, 3.05) is 25.0 Å². The summed E-state index contributed by atoms with van der Waals surface area (Å²) in [6.45, 7) is 5.85. The highest BCUT2D eigenvalue weighted by molar-refractivity contribution is 7.98. The van der Waals surface area contributed by atoms with Gasteiger partial charge in [0.05, 0.1) is 0 Å². The number of carbonyl (C=O) groups excluding carboxylic acids is 1. The molecule has 1 aromatic heterocycles. The van der Waals surface area contributed by atoms with E-state index in [1.165, 1.54) is 11.8 Å². The Morgan fingerprint density at radius 1 is 1.22 bits per heavy atom. The molecule has 1 amide bonds. The van der Waals surface area contributed by atoms with Crippen LogP contribution in [-0.4, -0.2) is 36.0 Å². The van der Waals surface area contributed by atoms with Crippen molar-refractivity contribution in [3.05, 3.63) is 46.6 Å². The fourth-order valence-electron chi connectivity index (χ4n) is 2.53. The van der Waals surface area contributed by atoms with E-state index in [0.29, 0.717) is 28.2 Å². The van der Waals surface area contributed by atoms with Gasteiger partial charge < -0.3 is 10.2 Å². The number of nitrogens with zero attached hydrogens (tertiary/aromatic N) is 3. The first-order valence-corrected chi connectivity index (χ1v) is 10.7. The van der Waals surface area contributed by atoms with E-state index in [9.17, 15) is 4.79 Å². The maximum absolute atomic E-state index is 12.2. The van der Waals surface area contributed by atoms with Crippen molar-refractivity contribution in [2.24, 2.45) is 0 Å². The summed E-state index contributed by atoms with van der Waals surface area (Å²) >= 11 is 7.67. The summed E-state index contributed by atoms with van der Waals surface area (Å²) in [7, 11) is 2.00. The molecule has 146 valence electrons. The second-order valence-corrected chi connectivity index (χ2v) is 7.68. The quantitative estimate of drug-likeness (QED) is 0.266. The lowest BCUT2D eigenvalue weighted by atomic mass is 10.1. The molecule has 0 aliphatic carbocycles. The molecule has 0 atom stereocenters. The van der Waals surface area contributed by atoms with Gasteiger partial charge in [0.15, 0.2) is 5.16 Å². The van der Waals surface area contributed by atoms with Crippen LogP contribution in [-0.2, 0) is 5.75 Å². The highest BCUT2D eigenvalue weighted by Gasteiger charge is 2.09. The fraction of sp³-hybridized carbons (Fsp3) is 0.450. The maximum atomic E-state index is 12.2. The lowest BCUT2D eigenvalue weighted by molar-refractivity contribution is 0.0953. The molecule has 0 saturated heterocycles. The van der Waals surface area contributed by atoms with Crippen molar-refractivity contribution in [1.29, 1.82) is 0 Å². The van der Waals surface area contributed by atoms with Gasteiger partial charge in [-0.2, -0.15) is 0 Å². The van der Waals surface area contributed by atoms with Gasteiger partial charge >= 0.3 is 0 Å². The SMILES string of the molecule is CCCCNC(=O)c1cccc(CSc2nc(Cl)cc(N(C)CCC)n2)c1. The van der Waals surface area contributed by atoms with E-state index in [0.717, 1.165) is 37.2 Å². The summed E-state index contributed by atoms with van der Waals surface area (Å²) in [6.07, 6.45) is 3.09. The first-order valence-electron chi connectivity index (χ1n) is 9.29. The number of anilines is 1. The van der Waals surface area contributed by atoms with Crippen LogP contribution in [0.3, 0.4) is 0 Å². The van der Waals surface area contributed by atoms with Gasteiger partial charge in [0.25, 0.3) is 5.91 Å². The molecule has 1 heterocycles. The topological polar surface area (TPSA) is 58.1 Å². The average Bonchev–Trinajstić information content (AvgIpc) is 2.66. The van der Waals surface area contributed by atoms with E-state index < -0.39 is 0 Å². The van der Waals surface area contributed by atoms with E-state index in [1.54, 1.807) is 6.07 Å². The molecule has 0 unspecified atom stereocenters. The largest absolute Gasteiger partial charge is 0.360 e. The Balaban J connectivity index is 2.02. The third-order valence-corrected chi connectivity index (χ3v) is 5.10. The Bertz CT molecular complexity index is 757. The van der Waals surface area contributed by atoms with Gasteiger partial charge in [0.2, 0.25) is 0 Å². The van der Waals surface area contributed by atoms with Crippen LogP contribution >= 0.6 is 23.4 Å². The van der Waals surface area contributed by atoms with Gasteiger partial charge in [0.1, 0.15) is 11.0 Å². The summed E-state index contributed by atoms with van der Waals surface area (Å²) < 4.78 is 0. The highest BCUT2D eigenvalue weighted by Crippen LogP contribution is 2.24. The van der Waals surface area contributed by atoms with Crippen LogP contribution in [0.5, 0.6) is 0 Å². The Morgan fingerprint density at radius 2 is 2.04 bits per heavy atom. The van der Waals surface area contributed by atoms with Crippen LogP contribution in [0.2, 0.25) is 5.15 Å². The fourth-order valence-corrected chi connectivity index (χ4v) is 3.55. The molecule has 2 rings (SSSR count). The number of thioether (sulfide) groups is 1. The summed E-state index contributed by atoms with van der Waals surface area (Å²) in [4.78, 5) is 23.2. The Morgan fingerprint density at radius 3 is 2.78 bits per heavy atom. The number of benzene rings is 1. The molecule has 0 radical (unpaired) electrons. The second-order valence-electron chi connectivity index (χ2n) is 6.35. The van der Waals surface area contributed by atoms with Crippen molar-refractivity contribution < 1.29 is 4.79 Å². The highest BCUT2D eigenvalue weighted by atomic mass is 35.5. The molecular formula is C20H27ClN4OS. The Kier molecular flexibility index (Phi) is 8.88. The van der Waals surface area contributed by atoms with E-state index >= 15 is 0 Å². The average molecular weight is 407 g/mol. The Labute approximate surface area is 170 Å². The summed E-state index contributed by atoms with van der Waals surface area (Å²) in [5.41, 5.74) is 1.73. The van der Waals surface area contributed by atoms with Crippen LogP contribution in [0, 0.1) is 0 Å². The third kappa shape index (κ3) is 7.03. The molecule has 0 aliphatic heterocycles. The number of halogens is 1. The summed E-state index contributed by atoms with van der Waals surface area (Å²) in [5, 5.41) is 4.02. The van der Waals surface area contributed by atoms with Crippen molar-refractivity contribution in [3.63, 3.8) is 0 Å². The third-order valence-electron chi connectivity index (χ3n) is 3.98. The van der Waals surface area contributed by atoms with E-state index in [2.05, 4.69) is 34.0 Å². The van der Waals surface area contributed by atoms with Gasteiger partial charge in [0, 0.05) is 37.5 Å². The smallest absolute Gasteiger partial charge is 0.251 e. The zero-order valence-corrected chi connectivity index (χ0v) is 17.7. The number of carbonyl (C=O) groups is 1. The molecule has 0 aliphatic rings. The monoisotopic (exact) mass is 406 g/mol. The molecule has 1 N–H and O–H groups in total. The minimum absolute atomic E-state index is 0.0298. The van der Waals surface area contributed by atoms with Crippen molar-refractivity contribution in [3.8, 4) is 0 Å². The van der Waals surface area contributed by atoms with Gasteiger partial charge in [-0.25, -0.2) is 9.97 Å². The number of nitrogens with one attached hydrogen (secondary N) is 1. The first-order chi connectivity index (χ1) is 13.0. The maximum Gasteiger partial charge on any atom is 0.251 e. The Hall–Kier alpha value is -1.79. The minimum Gasteiger partial charge on any atom is -0.360 e. The number of hydrogen-bond acceptors (Lipinski definition) is 5. The molecular weight excluding hydrogens is 380 g/mol.